The molecule has 0 spiro atoms. The van der Waals surface area contributed by atoms with Gasteiger partial charge in [-0.1, -0.05) is 64.1 Å². The van der Waals surface area contributed by atoms with Crippen molar-refractivity contribution in [2.24, 2.45) is 11.8 Å². The Labute approximate surface area is 195 Å². The molecule has 4 rings (SSSR count). The molecule has 1 amide bonds. The third-order valence-corrected chi connectivity index (χ3v) is 5.93. The van der Waals surface area contributed by atoms with Crippen LogP contribution in [0.25, 0.3) is 11.3 Å². The van der Waals surface area contributed by atoms with E-state index in [1.54, 1.807) is 7.11 Å². The van der Waals surface area contributed by atoms with Crippen molar-refractivity contribution in [3.05, 3.63) is 65.4 Å². The monoisotopic (exact) mass is 447 g/mol. The van der Waals surface area contributed by atoms with E-state index in [0.29, 0.717) is 36.4 Å². The van der Waals surface area contributed by atoms with E-state index >= 15 is 0 Å². The largest absolute Gasteiger partial charge is 0.493 e. The summed E-state index contributed by atoms with van der Waals surface area (Å²) in [6.07, 6.45) is 0.975. The SMILES string of the molecule is COc1cc(C2c3c(-c4ccccc4)n[nH]c3C(=O)N2CC(C)C)ccc1OCCC(C)C. The third kappa shape index (κ3) is 4.61. The summed E-state index contributed by atoms with van der Waals surface area (Å²) < 4.78 is 11.7. The van der Waals surface area contributed by atoms with Gasteiger partial charge < -0.3 is 14.4 Å². The maximum Gasteiger partial charge on any atom is 0.273 e. The standard InChI is InChI=1S/C27H33N3O3/c1-17(2)13-14-33-21-12-11-20(15-22(21)32-5)26-23-24(19-9-7-6-8-10-19)28-29-25(23)27(31)30(26)16-18(3)4/h6-12,15,17-18,26H,13-14,16H2,1-5H3,(H,28,29). The zero-order chi connectivity index (χ0) is 23.5. The Bertz CT molecular complexity index is 1110. The van der Waals surface area contributed by atoms with Crippen LogP contribution in [0, 0.1) is 11.8 Å². The summed E-state index contributed by atoms with van der Waals surface area (Å²) >= 11 is 0. The Morgan fingerprint density at radius 1 is 1.03 bits per heavy atom. The lowest BCUT2D eigenvalue weighted by molar-refractivity contribution is 0.0722. The fourth-order valence-electron chi connectivity index (χ4n) is 4.32. The molecule has 1 N–H and O–H groups in total. The lowest BCUT2D eigenvalue weighted by Crippen LogP contribution is -2.32. The molecule has 2 heterocycles. The van der Waals surface area contributed by atoms with Gasteiger partial charge in [-0.2, -0.15) is 5.10 Å². The highest BCUT2D eigenvalue weighted by molar-refractivity contribution is 6.00. The Morgan fingerprint density at radius 2 is 1.79 bits per heavy atom. The van der Waals surface area contributed by atoms with Crippen molar-refractivity contribution in [3.63, 3.8) is 0 Å². The van der Waals surface area contributed by atoms with Crippen molar-refractivity contribution >= 4 is 5.91 Å². The molecule has 1 aromatic heterocycles. The van der Waals surface area contributed by atoms with Crippen molar-refractivity contribution < 1.29 is 14.3 Å². The molecule has 0 saturated carbocycles. The number of hydrogen-bond acceptors (Lipinski definition) is 4. The average Bonchev–Trinajstić information content (AvgIpc) is 3.33. The Kier molecular flexibility index (Phi) is 6.72. The van der Waals surface area contributed by atoms with Gasteiger partial charge in [0.25, 0.3) is 5.91 Å². The van der Waals surface area contributed by atoms with Crippen LogP contribution >= 0.6 is 0 Å². The maximum atomic E-state index is 13.4. The van der Waals surface area contributed by atoms with Gasteiger partial charge in [0.2, 0.25) is 0 Å². The Hall–Kier alpha value is -3.28. The summed E-state index contributed by atoms with van der Waals surface area (Å²) in [4.78, 5) is 15.3. The number of nitrogens with one attached hydrogen (secondary N) is 1. The van der Waals surface area contributed by atoms with Crippen LogP contribution < -0.4 is 9.47 Å². The minimum absolute atomic E-state index is 0.0189. The summed E-state index contributed by atoms with van der Waals surface area (Å²) in [5.74, 6) is 2.27. The van der Waals surface area contributed by atoms with E-state index in [-0.39, 0.29) is 11.9 Å². The van der Waals surface area contributed by atoms with Gasteiger partial charge in [-0.25, -0.2) is 0 Å². The molecule has 3 aromatic rings. The van der Waals surface area contributed by atoms with E-state index in [4.69, 9.17) is 9.47 Å². The molecular weight excluding hydrogens is 414 g/mol. The number of methoxy groups -OCH3 is 1. The van der Waals surface area contributed by atoms with Crippen LogP contribution in [0.1, 0.15) is 61.8 Å². The van der Waals surface area contributed by atoms with Crippen LogP contribution in [-0.2, 0) is 0 Å². The zero-order valence-electron chi connectivity index (χ0n) is 20.1. The first-order valence-electron chi connectivity index (χ1n) is 11.7. The number of aromatic nitrogens is 2. The summed E-state index contributed by atoms with van der Waals surface area (Å²) in [5, 5.41) is 7.56. The van der Waals surface area contributed by atoms with Gasteiger partial charge in [-0.05, 0) is 36.0 Å². The van der Waals surface area contributed by atoms with E-state index in [0.717, 1.165) is 34.6 Å². The predicted octanol–water partition coefficient (Wildman–Crippen LogP) is 5.71. The number of fused-ring (bicyclic) bond motifs is 1. The quantitative estimate of drug-likeness (QED) is 0.456. The highest BCUT2D eigenvalue weighted by Crippen LogP contribution is 2.44. The van der Waals surface area contributed by atoms with Gasteiger partial charge in [0.15, 0.2) is 11.5 Å². The van der Waals surface area contributed by atoms with E-state index in [1.165, 1.54) is 0 Å². The first kappa shape index (κ1) is 22.9. The second kappa shape index (κ2) is 9.69. The third-order valence-electron chi connectivity index (χ3n) is 5.93. The van der Waals surface area contributed by atoms with Gasteiger partial charge in [0.05, 0.1) is 25.5 Å². The highest BCUT2D eigenvalue weighted by Gasteiger charge is 2.42. The topological polar surface area (TPSA) is 67.5 Å². The van der Waals surface area contributed by atoms with Crippen LogP contribution in [0.2, 0.25) is 0 Å². The van der Waals surface area contributed by atoms with Crippen LogP contribution in [-0.4, -0.2) is 41.3 Å². The first-order chi connectivity index (χ1) is 15.9. The number of benzene rings is 2. The van der Waals surface area contributed by atoms with Crippen molar-refractivity contribution in [1.82, 2.24) is 15.1 Å². The van der Waals surface area contributed by atoms with Crippen LogP contribution in [0.3, 0.4) is 0 Å². The molecule has 1 aliphatic heterocycles. The van der Waals surface area contributed by atoms with Gasteiger partial charge in [-0.3, -0.25) is 9.89 Å². The molecule has 0 radical (unpaired) electrons. The molecule has 1 aliphatic rings. The number of nitrogens with zero attached hydrogens (tertiary/aromatic N) is 2. The number of ether oxygens (including phenoxy) is 2. The number of rotatable bonds is 9. The number of H-pyrrole nitrogens is 1. The zero-order valence-corrected chi connectivity index (χ0v) is 20.1. The van der Waals surface area contributed by atoms with Crippen molar-refractivity contribution in [2.75, 3.05) is 20.3 Å². The van der Waals surface area contributed by atoms with Gasteiger partial charge in [0.1, 0.15) is 5.69 Å². The average molecular weight is 448 g/mol. The van der Waals surface area contributed by atoms with E-state index < -0.39 is 0 Å². The fourth-order valence-corrected chi connectivity index (χ4v) is 4.32. The number of carbonyl (C=O) groups is 1. The molecular formula is C27H33N3O3. The minimum atomic E-state index is -0.248. The summed E-state index contributed by atoms with van der Waals surface area (Å²) in [6.45, 7) is 9.89. The lowest BCUT2D eigenvalue weighted by atomic mass is 9.95. The molecule has 33 heavy (non-hydrogen) atoms. The smallest absolute Gasteiger partial charge is 0.273 e. The molecule has 0 saturated heterocycles. The molecule has 6 nitrogen and oxygen atoms in total. The van der Waals surface area contributed by atoms with Gasteiger partial charge in [-0.15, -0.1) is 0 Å². The van der Waals surface area contributed by atoms with Crippen molar-refractivity contribution in [3.8, 4) is 22.8 Å². The maximum absolute atomic E-state index is 13.4. The van der Waals surface area contributed by atoms with Crippen molar-refractivity contribution in [2.45, 2.75) is 40.2 Å². The van der Waals surface area contributed by atoms with E-state index in [1.807, 2.05) is 53.4 Å². The molecule has 0 fully saturated rings. The second-order valence-electron chi connectivity index (χ2n) is 9.42. The van der Waals surface area contributed by atoms with E-state index in [9.17, 15) is 4.79 Å². The lowest BCUT2D eigenvalue weighted by Gasteiger charge is -2.28. The summed E-state index contributed by atoms with van der Waals surface area (Å²) in [5.41, 5.74) is 4.26. The predicted molar refractivity (Wildman–Crippen MR) is 130 cm³/mol. The number of carbonyl (C=O) groups excluding carboxylic acids is 1. The molecule has 0 bridgehead atoms. The molecule has 0 aliphatic carbocycles. The van der Waals surface area contributed by atoms with Crippen LogP contribution in [0.5, 0.6) is 11.5 Å². The molecule has 1 unspecified atom stereocenters. The fraction of sp³-hybridized carbons (Fsp3) is 0.407. The van der Waals surface area contributed by atoms with Gasteiger partial charge >= 0.3 is 0 Å². The molecule has 2 aromatic carbocycles. The summed E-state index contributed by atoms with van der Waals surface area (Å²) in [6, 6.07) is 15.7. The van der Waals surface area contributed by atoms with E-state index in [2.05, 4.69) is 37.9 Å². The Balaban J connectivity index is 1.76. The number of hydrogen-bond donors (Lipinski definition) is 1. The Morgan fingerprint density at radius 3 is 2.45 bits per heavy atom. The number of aromatic amines is 1. The highest BCUT2D eigenvalue weighted by atomic mass is 16.5. The first-order valence-corrected chi connectivity index (χ1v) is 11.7. The van der Waals surface area contributed by atoms with Crippen molar-refractivity contribution in [1.29, 1.82) is 0 Å². The van der Waals surface area contributed by atoms with Crippen LogP contribution in [0.15, 0.2) is 48.5 Å². The molecule has 1 atom stereocenters. The molecule has 6 heteroatoms. The number of amides is 1. The normalized spacial score (nSPS) is 15.4. The summed E-state index contributed by atoms with van der Waals surface area (Å²) in [7, 11) is 1.65. The second-order valence-corrected chi connectivity index (χ2v) is 9.42. The molecule has 174 valence electrons. The van der Waals surface area contributed by atoms with Crippen LogP contribution in [0.4, 0.5) is 0 Å². The minimum Gasteiger partial charge on any atom is -0.493 e. The van der Waals surface area contributed by atoms with Gasteiger partial charge in [0, 0.05) is 17.7 Å².